The smallest absolute Gasteiger partial charge is 0.191 e. The lowest BCUT2D eigenvalue weighted by Gasteiger charge is -2.27. The minimum Gasteiger partial charge on any atom is -0.357 e. The fraction of sp³-hybridized carbons (Fsp3) is 0.667. The Kier molecular flexibility index (Phi) is 8.31. The molecule has 1 saturated heterocycles. The van der Waals surface area contributed by atoms with Crippen molar-refractivity contribution in [3.05, 3.63) is 35.4 Å². The summed E-state index contributed by atoms with van der Waals surface area (Å²) < 4.78 is 23.0. The molecule has 1 aliphatic heterocycles. The van der Waals surface area contributed by atoms with Gasteiger partial charge in [-0.15, -0.1) is 0 Å². The molecule has 0 amide bonds. The predicted octanol–water partition coefficient (Wildman–Crippen LogP) is 1.81. The number of aliphatic imine (C=N–C) groups is 1. The number of guanidine groups is 1. The monoisotopic (exact) mass is 408 g/mol. The lowest BCUT2D eigenvalue weighted by Crippen LogP contribution is -2.46. The number of hydrogen-bond acceptors (Lipinski definition) is 4. The van der Waals surface area contributed by atoms with E-state index in [-0.39, 0.29) is 16.9 Å². The van der Waals surface area contributed by atoms with Crippen LogP contribution in [0.3, 0.4) is 0 Å². The second kappa shape index (κ2) is 10.3. The SMILES string of the molecule is CCNC(=NCC(C)(C)c1ccc(CC)cc1)NCCN1CCS(=O)(=O)CC1. The number of hydrogen-bond donors (Lipinski definition) is 2. The highest BCUT2D eigenvalue weighted by Gasteiger charge is 2.22. The topological polar surface area (TPSA) is 73.8 Å². The normalized spacial score (nSPS) is 18.1. The standard InChI is InChI=1S/C21H36N4O2S/c1-5-18-7-9-19(10-8-18)21(3,4)17-24-20(22-6-2)23-11-12-25-13-15-28(26,27)16-14-25/h7-10H,5-6,11-17H2,1-4H3,(H2,22,23,24). The molecule has 6 nitrogen and oxygen atoms in total. The van der Waals surface area contributed by atoms with Crippen LogP contribution in [0.4, 0.5) is 0 Å². The molecular weight excluding hydrogens is 372 g/mol. The molecule has 1 aliphatic rings. The Labute approximate surface area is 170 Å². The maximum absolute atomic E-state index is 11.5. The molecule has 0 aliphatic carbocycles. The van der Waals surface area contributed by atoms with Crippen molar-refractivity contribution in [3.63, 3.8) is 0 Å². The van der Waals surface area contributed by atoms with Crippen molar-refractivity contribution in [1.82, 2.24) is 15.5 Å². The van der Waals surface area contributed by atoms with Crippen LogP contribution in [0.15, 0.2) is 29.3 Å². The highest BCUT2D eigenvalue weighted by atomic mass is 32.2. The highest BCUT2D eigenvalue weighted by molar-refractivity contribution is 7.91. The molecule has 2 N–H and O–H groups in total. The molecule has 0 radical (unpaired) electrons. The first-order chi connectivity index (χ1) is 13.3. The van der Waals surface area contributed by atoms with Gasteiger partial charge in [0.25, 0.3) is 0 Å². The Morgan fingerprint density at radius 2 is 1.75 bits per heavy atom. The average Bonchev–Trinajstić information content (AvgIpc) is 2.67. The van der Waals surface area contributed by atoms with Crippen LogP contribution < -0.4 is 10.6 Å². The van der Waals surface area contributed by atoms with Gasteiger partial charge in [0.05, 0.1) is 18.1 Å². The average molecular weight is 409 g/mol. The molecule has 28 heavy (non-hydrogen) atoms. The van der Waals surface area contributed by atoms with Crippen LogP contribution in [-0.2, 0) is 21.7 Å². The van der Waals surface area contributed by atoms with Crippen LogP contribution in [0.1, 0.15) is 38.8 Å². The number of nitrogens with one attached hydrogen (secondary N) is 2. The van der Waals surface area contributed by atoms with Gasteiger partial charge < -0.3 is 10.6 Å². The molecule has 0 saturated carbocycles. The fourth-order valence-corrected chi connectivity index (χ4v) is 4.48. The van der Waals surface area contributed by atoms with Crippen LogP contribution in [0.25, 0.3) is 0 Å². The second-order valence-electron chi connectivity index (χ2n) is 8.05. The minimum absolute atomic E-state index is 0.0458. The van der Waals surface area contributed by atoms with Gasteiger partial charge in [-0.1, -0.05) is 45.0 Å². The zero-order valence-corrected chi connectivity index (χ0v) is 18.6. The molecule has 1 fully saturated rings. The van der Waals surface area contributed by atoms with E-state index >= 15 is 0 Å². The van der Waals surface area contributed by atoms with Crippen molar-refractivity contribution in [2.45, 2.75) is 39.5 Å². The van der Waals surface area contributed by atoms with Gasteiger partial charge in [-0.2, -0.15) is 0 Å². The quantitative estimate of drug-likeness (QED) is 0.507. The van der Waals surface area contributed by atoms with E-state index in [4.69, 9.17) is 4.99 Å². The summed E-state index contributed by atoms with van der Waals surface area (Å²) in [6.45, 7) is 13.0. The molecule has 0 spiro atoms. The van der Waals surface area contributed by atoms with E-state index in [2.05, 4.69) is 67.5 Å². The van der Waals surface area contributed by atoms with E-state index in [0.29, 0.717) is 19.6 Å². The molecule has 1 aromatic carbocycles. The first kappa shape index (κ1) is 22.7. The third-order valence-corrected chi connectivity index (χ3v) is 6.89. The summed E-state index contributed by atoms with van der Waals surface area (Å²) >= 11 is 0. The lowest BCUT2D eigenvalue weighted by atomic mass is 9.84. The van der Waals surface area contributed by atoms with Crippen LogP contribution in [0, 0.1) is 0 Å². The van der Waals surface area contributed by atoms with Crippen molar-refractivity contribution >= 4 is 15.8 Å². The molecular formula is C21H36N4O2S. The second-order valence-corrected chi connectivity index (χ2v) is 10.4. The van der Waals surface area contributed by atoms with Crippen molar-refractivity contribution in [1.29, 1.82) is 0 Å². The molecule has 7 heteroatoms. The number of nitrogens with zero attached hydrogens (tertiary/aromatic N) is 2. The number of aryl methyl sites for hydroxylation is 1. The largest absolute Gasteiger partial charge is 0.357 e. The summed E-state index contributed by atoms with van der Waals surface area (Å²) in [5, 5.41) is 6.68. The van der Waals surface area contributed by atoms with Gasteiger partial charge in [-0.25, -0.2) is 8.42 Å². The first-order valence-corrected chi connectivity index (χ1v) is 12.1. The van der Waals surface area contributed by atoms with Crippen molar-refractivity contribution in [2.75, 3.05) is 50.8 Å². The molecule has 0 unspecified atom stereocenters. The first-order valence-electron chi connectivity index (χ1n) is 10.3. The maximum Gasteiger partial charge on any atom is 0.191 e. The van der Waals surface area contributed by atoms with E-state index in [1.165, 1.54) is 11.1 Å². The van der Waals surface area contributed by atoms with Crippen molar-refractivity contribution in [3.8, 4) is 0 Å². The van der Waals surface area contributed by atoms with E-state index < -0.39 is 9.84 Å². The molecule has 2 rings (SSSR count). The molecule has 158 valence electrons. The Bertz CT molecular complexity index is 728. The third kappa shape index (κ3) is 7.09. The number of benzene rings is 1. The van der Waals surface area contributed by atoms with E-state index in [1.54, 1.807) is 0 Å². The summed E-state index contributed by atoms with van der Waals surface area (Å²) in [5.41, 5.74) is 2.60. The predicted molar refractivity (Wildman–Crippen MR) is 118 cm³/mol. The Balaban J connectivity index is 1.88. The van der Waals surface area contributed by atoms with Crippen LogP contribution in [0.2, 0.25) is 0 Å². The van der Waals surface area contributed by atoms with Gasteiger partial charge in [-0.3, -0.25) is 9.89 Å². The van der Waals surface area contributed by atoms with Crippen LogP contribution >= 0.6 is 0 Å². The molecule has 0 bridgehead atoms. The van der Waals surface area contributed by atoms with Crippen LogP contribution in [-0.4, -0.2) is 70.1 Å². The van der Waals surface area contributed by atoms with E-state index in [1.807, 2.05) is 0 Å². The summed E-state index contributed by atoms with van der Waals surface area (Å²) in [7, 11) is -2.82. The summed E-state index contributed by atoms with van der Waals surface area (Å²) in [6, 6.07) is 8.81. The van der Waals surface area contributed by atoms with Gasteiger partial charge >= 0.3 is 0 Å². The Morgan fingerprint density at radius 1 is 1.11 bits per heavy atom. The number of rotatable bonds is 8. The summed E-state index contributed by atoms with van der Waals surface area (Å²) in [5.74, 6) is 1.35. The third-order valence-electron chi connectivity index (χ3n) is 5.28. The molecule has 1 aromatic rings. The van der Waals surface area contributed by atoms with Gasteiger partial charge in [0, 0.05) is 38.1 Å². The molecule has 0 atom stereocenters. The summed E-state index contributed by atoms with van der Waals surface area (Å²) in [6.07, 6.45) is 1.05. The van der Waals surface area contributed by atoms with Gasteiger partial charge in [0.2, 0.25) is 0 Å². The molecule has 1 heterocycles. The number of sulfone groups is 1. The van der Waals surface area contributed by atoms with E-state index in [0.717, 1.165) is 32.0 Å². The van der Waals surface area contributed by atoms with Crippen LogP contribution in [0.5, 0.6) is 0 Å². The van der Waals surface area contributed by atoms with E-state index in [9.17, 15) is 8.42 Å². The highest BCUT2D eigenvalue weighted by Crippen LogP contribution is 2.24. The zero-order valence-electron chi connectivity index (χ0n) is 17.8. The van der Waals surface area contributed by atoms with Crippen molar-refractivity contribution in [2.24, 2.45) is 4.99 Å². The Morgan fingerprint density at radius 3 is 2.32 bits per heavy atom. The zero-order chi connectivity index (χ0) is 20.6. The maximum atomic E-state index is 11.5. The molecule has 0 aromatic heterocycles. The lowest BCUT2D eigenvalue weighted by molar-refractivity contribution is 0.299. The van der Waals surface area contributed by atoms with Crippen molar-refractivity contribution < 1.29 is 8.42 Å². The van der Waals surface area contributed by atoms with Gasteiger partial charge in [0.15, 0.2) is 15.8 Å². The Hall–Kier alpha value is -1.60. The summed E-state index contributed by atoms with van der Waals surface area (Å²) in [4.78, 5) is 6.98. The fourth-order valence-electron chi connectivity index (χ4n) is 3.21. The minimum atomic E-state index is -2.82. The van der Waals surface area contributed by atoms with Gasteiger partial charge in [0.1, 0.15) is 0 Å². The van der Waals surface area contributed by atoms with Gasteiger partial charge in [-0.05, 0) is 24.5 Å².